The van der Waals surface area contributed by atoms with Crippen molar-refractivity contribution in [1.29, 1.82) is 0 Å². The number of hydrogen-bond donors (Lipinski definition) is 2. The van der Waals surface area contributed by atoms with Crippen molar-refractivity contribution in [2.24, 2.45) is 0 Å². The lowest BCUT2D eigenvalue weighted by atomic mass is 10.4. The average Bonchev–Trinajstić information content (AvgIpc) is 2.83. The van der Waals surface area contributed by atoms with Crippen LogP contribution in [0.5, 0.6) is 0 Å². The van der Waals surface area contributed by atoms with Gasteiger partial charge in [0.2, 0.25) is 0 Å². The number of aliphatic carboxylic acids is 2. The smallest absolute Gasteiger partial charge is 0.333 e. The fourth-order valence-corrected chi connectivity index (χ4v) is 1.85. The van der Waals surface area contributed by atoms with Crippen molar-refractivity contribution < 1.29 is 53.1 Å². The largest absolute Gasteiger partial charge is 0.502 e. The summed E-state index contributed by atoms with van der Waals surface area (Å²) in [5, 5.41) is 15.6. The highest BCUT2D eigenvalue weighted by Crippen LogP contribution is 2.00. The number of carboxylic acids is 2. The van der Waals surface area contributed by atoms with Crippen LogP contribution >= 0.6 is 0 Å². The number of carbonyl (C=O) groups excluding carboxylic acids is 2. The minimum absolute atomic E-state index is 0.531. The van der Waals surface area contributed by atoms with Crippen LogP contribution in [0.4, 0.5) is 0 Å². The van der Waals surface area contributed by atoms with E-state index in [0.717, 1.165) is 50.9 Å². The second kappa shape index (κ2) is 29.1. The Hall–Kier alpha value is -3.18. The first-order valence-electron chi connectivity index (χ1n) is 12.2. The molecular formula is C26H44O11. The Morgan fingerprint density at radius 1 is 0.676 bits per heavy atom. The third kappa shape index (κ3) is 37.5. The first-order chi connectivity index (χ1) is 17.5. The number of rotatable bonds is 18. The van der Waals surface area contributed by atoms with Crippen LogP contribution in [-0.4, -0.2) is 66.5 Å². The van der Waals surface area contributed by atoms with Crippen molar-refractivity contribution >= 4 is 23.9 Å². The second-order valence-corrected chi connectivity index (χ2v) is 7.19. The van der Waals surface area contributed by atoms with E-state index < -0.39 is 36.5 Å². The Balaban J connectivity index is -0.000000626. The lowest BCUT2D eigenvalue weighted by Crippen LogP contribution is -2.19. The summed E-state index contributed by atoms with van der Waals surface area (Å²) in [6, 6.07) is 0. The SMILES string of the molecule is C=COCCCC.CCCCOC(C)OC(=O)/C=C\C(=O)OC(C)OCCCC.O=C(O)/C=C\C(=O)O. The maximum absolute atomic E-state index is 11.5. The van der Waals surface area contributed by atoms with E-state index in [1.807, 2.05) is 13.8 Å². The molecule has 0 rings (SSSR count). The van der Waals surface area contributed by atoms with Gasteiger partial charge < -0.3 is 33.9 Å². The van der Waals surface area contributed by atoms with Gasteiger partial charge in [0, 0.05) is 24.3 Å². The van der Waals surface area contributed by atoms with Crippen LogP contribution < -0.4 is 0 Å². The number of ether oxygens (including phenoxy) is 5. The van der Waals surface area contributed by atoms with Gasteiger partial charge in [0.05, 0.1) is 26.1 Å². The van der Waals surface area contributed by atoms with E-state index in [-0.39, 0.29) is 0 Å². The Morgan fingerprint density at radius 3 is 1.32 bits per heavy atom. The Morgan fingerprint density at radius 2 is 1.03 bits per heavy atom. The molecular weight excluding hydrogens is 488 g/mol. The molecule has 0 heterocycles. The average molecular weight is 533 g/mol. The summed E-state index contributed by atoms with van der Waals surface area (Å²) < 4.78 is 25.3. The van der Waals surface area contributed by atoms with Gasteiger partial charge in [0.25, 0.3) is 0 Å². The van der Waals surface area contributed by atoms with E-state index in [9.17, 15) is 19.2 Å². The zero-order valence-electron chi connectivity index (χ0n) is 22.7. The van der Waals surface area contributed by atoms with Gasteiger partial charge in [-0.3, -0.25) is 0 Å². The molecule has 11 heteroatoms. The molecule has 37 heavy (non-hydrogen) atoms. The molecule has 0 amide bonds. The fourth-order valence-electron chi connectivity index (χ4n) is 1.85. The predicted molar refractivity (Wildman–Crippen MR) is 137 cm³/mol. The molecule has 0 aliphatic rings. The van der Waals surface area contributed by atoms with E-state index >= 15 is 0 Å². The number of unbranched alkanes of at least 4 members (excludes halogenated alkanes) is 3. The van der Waals surface area contributed by atoms with Crippen LogP contribution in [0.1, 0.15) is 73.1 Å². The number of carbonyl (C=O) groups is 4. The van der Waals surface area contributed by atoms with Gasteiger partial charge >= 0.3 is 23.9 Å². The van der Waals surface area contributed by atoms with E-state index in [0.29, 0.717) is 25.4 Å². The lowest BCUT2D eigenvalue weighted by molar-refractivity contribution is -0.171. The van der Waals surface area contributed by atoms with Crippen LogP contribution in [0, 0.1) is 0 Å². The van der Waals surface area contributed by atoms with Crippen molar-refractivity contribution in [3.05, 3.63) is 37.1 Å². The molecule has 214 valence electrons. The van der Waals surface area contributed by atoms with Crippen LogP contribution in [0.25, 0.3) is 0 Å². The maximum Gasteiger partial charge on any atom is 0.333 e. The summed E-state index contributed by atoms with van der Waals surface area (Å²) in [4.78, 5) is 42.0. The van der Waals surface area contributed by atoms with Crippen LogP contribution in [0.3, 0.4) is 0 Å². The molecule has 0 aliphatic carbocycles. The topological polar surface area (TPSA) is 155 Å². The molecule has 2 unspecified atom stereocenters. The van der Waals surface area contributed by atoms with Gasteiger partial charge in [-0.1, -0.05) is 46.6 Å². The fraction of sp³-hybridized carbons (Fsp3) is 0.615. The van der Waals surface area contributed by atoms with Crippen LogP contribution in [-0.2, 0) is 42.9 Å². The van der Waals surface area contributed by atoms with Crippen LogP contribution in [0.2, 0.25) is 0 Å². The molecule has 0 saturated carbocycles. The zero-order valence-corrected chi connectivity index (χ0v) is 22.7. The van der Waals surface area contributed by atoms with Gasteiger partial charge in [0.15, 0.2) is 12.6 Å². The normalized spacial score (nSPS) is 11.8. The molecule has 0 spiro atoms. The molecule has 0 radical (unpaired) electrons. The van der Waals surface area contributed by atoms with Crippen molar-refractivity contribution in [3.63, 3.8) is 0 Å². The summed E-state index contributed by atoms with van der Waals surface area (Å²) in [5.41, 5.74) is 0. The third-order valence-corrected chi connectivity index (χ3v) is 3.72. The first-order valence-corrected chi connectivity index (χ1v) is 12.2. The number of esters is 2. The van der Waals surface area contributed by atoms with Crippen molar-refractivity contribution in [3.8, 4) is 0 Å². The Kier molecular flexibility index (Phi) is 30.1. The zero-order chi connectivity index (χ0) is 28.9. The summed E-state index contributed by atoms with van der Waals surface area (Å²) in [6.07, 6.45) is 9.48. The highest BCUT2D eigenvalue weighted by molar-refractivity contribution is 5.91. The highest BCUT2D eigenvalue weighted by atomic mass is 16.7. The quantitative estimate of drug-likeness (QED) is 0.0835. The number of carboxylic acid groups (broad SMARTS) is 2. The minimum Gasteiger partial charge on any atom is -0.502 e. The van der Waals surface area contributed by atoms with E-state index in [2.05, 4.69) is 13.5 Å². The molecule has 0 fully saturated rings. The molecule has 0 aromatic heterocycles. The monoisotopic (exact) mass is 532 g/mol. The molecule has 0 saturated heterocycles. The van der Waals surface area contributed by atoms with Gasteiger partial charge in [-0.2, -0.15) is 0 Å². The third-order valence-electron chi connectivity index (χ3n) is 3.72. The lowest BCUT2D eigenvalue weighted by Gasteiger charge is -2.13. The molecule has 2 N–H and O–H groups in total. The Bertz CT molecular complexity index is 623. The Labute approximate surface area is 220 Å². The standard InChI is InChI=1S/C16H28O6.C6H12O.C4H4O4/c1-5-7-11-19-13(3)21-15(17)9-10-16(18)22-14(4)20-12-8-6-2;1-3-5-6-7-4-2;5-3(6)1-2-4(7)8/h9-10,13-14H,5-8,11-12H2,1-4H3;4H,2-3,5-6H2,1H3;1-2H,(H,5,6)(H,7,8)/b10-9-;;2-1-. The molecule has 0 aromatic carbocycles. The minimum atomic E-state index is -1.26. The van der Waals surface area contributed by atoms with Gasteiger partial charge in [0.1, 0.15) is 0 Å². The molecule has 0 bridgehead atoms. The highest BCUT2D eigenvalue weighted by Gasteiger charge is 2.09. The summed E-state index contributed by atoms with van der Waals surface area (Å²) >= 11 is 0. The molecule has 11 nitrogen and oxygen atoms in total. The molecule has 0 aliphatic heterocycles. The van der Waals surface area contributed by atoms with Crippen molar-refractivity contribution in [1.82, 2.24) is 0 Å². The van der Waals surface area contributed by atoms with Crippen molar-refractivity contribution in [2.45, 2.75) is 85.7 Å². The summed E-state index contributed by atoms with van der Waals surface area (Å²) in [7, 11) is 0. The summed E-state index contributed by atoms with van der Waals surface area (Å²) in [6.45, 7) is 14.8. The van der Waals surface area contributed by atoms with Crippen molar-refractivity contribution in [2.75, 3.05) is 19.8 Å². The van der Waals surface area contributed by atoms with E-state index in [1.165, 1.54) is 12.7 Å². The molecule has 2 atom stereocenters. The number of hydrogen-bond acceptors (Lipinski definition) is 9. The van der Waals surface area contributed by atoms with E-state index in [4.69, 9.17) is 33.9 Å². The van der Waals surface area contributed by atoms with Gasteiger partial charge in [-0.15, -0.1) is 0 Å². The first kappa shape index (κ1) is 38.4. The maximum atomic E-state index is 11.5. The van der Waals surface area contributed by atoms with Crippen LogP contribution in [0.15, 0.2) is 37.1 Å². The van der Waals surface area contributed by atoms with E-state index in [1.54, 1.807) is 13.8 Å². The predicted octanol–water partition coefficient (Wildman–Crippen LogP) is 4.61. The second-order valence-electron chi connectivity index (χ2n) is 7.19. The van der Waals surface area contributed by atoms with Gasteiger partial charge in [-0.25, -0.2) is 19.2 Å². The molecule has 0 aromatic rings. The summed E-state index contributed by atoms with van der Waals surface area (Å²) in [5.74, 6) is -3.82. The van der Waals surface area contributed by atoms with Gasteiger partial charge in [-0.05, 0) is 33.1 Å².